The molecule has 132 valence electrons. The summed E-state index contributed by atoms with van der Waals surface area (Å²) in [5, 5.41) is 5.69. The van der Waals surface area contributed by atoms with Gasteiger partial charge in [-0.05, 0) is 54.4 Å². The largest absolute Gasteiger partial charge is 0.144 e. The van der Waals surface area contributed by atoms with E-state index in [4.69, 9.17) is 0 Å². The molecular formula is C26H24P+. The zero-order valence-electron chi connectivity index (χ0n) is 15.6. The van der Waals surface area contributed by atoms with Crippen molar-refractivity contribution in [2.75, 3.05) is 0 Å². The van der Waals surface area contributed by atoms with Crippen LogP contribution in [0.5, 0.6) is 0 Å². The van der Waals surface area contributed by atoms with E-state index >= 15 is 0 Å². The molecule has 4 rings (SSSR count). The van der Waals surface area contributed by atoms with Gasteiger partial charge in [0.1, 0.15) is 28.5 Å². The molecule has 0 bridgehead atoms. The van der Waals surface area contributed by atoms with E-state index in [2.05, 4.69) is 122 Å². The van der Waals surface area contributed by atoms with Gasteiger partial charge in [-0.25, -0.2) is 0 Å². The Morgan fingerprint density at radius 3 is 1.26 bits per heavy atom. The Labute approximate surface area is 162 Å². The highest BCUT2D eigenvalue weighted by atomic mass is 31.2. The fourth-order valence-electron chi connectivity index (χ4n) is 3.96. The topological polar surface area (TPSA) is 0 Å². The highest BCUT2D eigenvalue weighted by molar-refractivity contribution is 8.01. The normalized spacial score (nSPS) is 11.3. The van der Waals surface area contributed by atoms with Gasteiger partial charge in [0.2, 0.25) is 0 Å². The SMILES string of the molecule is CCc1ccccc1[P+](c1ccccc1)(c1ccccc1)c1ccccc1. The summed E-state index contributed by atoms with van der Waals surface area (Å²) in [6, 6.07) is 42.2. The maximum absolute atomic E-state index is 2.35. The van der Waals surface area contributed by atoms with E-state index in [1.165, 1.54) is 26.8 Å². The van der Waals surface area contributed by atoms with E-state index in [-0.39, 0.29) is 0 Å². The van der Waals surface area contributed by atoms with Crippen LogP contribution in [0.1, 0.15) is 12.5 Å². The van der Waals surface area contributed by atoms with Crippen LogP contribution in [0.3, 0.4) is 0 Å². The van der Waals surface area contributed by atoms with Crippen molar-refractivity contribution in [1.29, 1.82) is 0 Å². The van der Waals surface area contributed by atoms with Gasteiger partial charge in [-0.1, -0.05) is 79.7 Å². The fraction of sp³-hybridized carbons (Fsp3) is 0.0769. The van der Waals surface area contributed by atoms with Crippen molar-refractivity contribution in [3.8, 4) is 0 Å². The van der Waals surface area contributed by atoms with Gasteiger partial charge in [0.15, 0.2) is 0 Å². The minimum absolute atomic E-state index is 1.03. The summed E-state index contributed by atoms with van der Waals surface area (Å²) in [5.74, 6) is 0. The molecule has 4 aromatic carbocycles. The molecule has 0 unspecified atom stereocenters. The lowest BCUT2D eigenvalue weighted by Crippen LogP contribution is -2.39. The predicted molar refractivity (Wildman–Crippen MR) is 121 cm³/mol. The van der Waals surface area contributed by atoms with Crippen molar-refractivity contribution in [3.63, 3.8) is 0 Å². The van der Waals surface area contributed by atoms with Crippen LogP contribution in [-0.2, 0) is 6.42 Å². The van der Waals surface area contributed by atoms with E-state index in [1.807, 2.05) is 0 Å². The van der Waals surface area contributed by atoms with Gasteiger partial charge in [0, 0.05) is 0 Å². The Balaban J connectivity index is 2.17. The van der Waals surface area contributed by atoms with Crippen LogP contribution in [0.2, 0.25) is 0 Å². The first-order valence-corrected chi connectivity index (χ1v) is 11.3. The fourth-order valence-corrected chi connectivity index (χ4v) is 8.52. The quantitative estimate of drug-likeness (QED) is 0.442. The Bertz CT molecular complexity index is 895. The molecule has 0 spiro atoms. The maximum atomic E-state index is 2.35. The summed E-state index contributed by atoms with van der Waals surface area (Å²) < 4.78 is 0. The average Bonchev–Trinajstić information content (AvgIpc) is 2.77. The van der Waals surface area contributed by atoms with Gasteiger partial charge in [-0.3, -0.25) is 0 Å². The molecule has 4 aromatic rings. The summed E-state index contributed by atoms with van der Waals surface area (Å²) in [4.78, 5) is 0. The molecule has 0 nitrogen and oxygen atoms in total. The Hall–Kier alpha value is -2.69. The molecule has 0 atom stereocenters. The number of hydrogen-bond donors (Lipinski definition) is 0. The minimum Gasteiger partial charge on any atom is -0.0620 e. The molecule has 27 heavy (non-hydrogen) atoms. The van der Waals surface area contributed by atoms with Crippen molar-refractivity contribution in [2.24, 2.45) is 0 Å². The summed E-state index contributed by atoms with van der Waals surface area (Å²) in [6.07, 6.45) is 1.03. The first-order valence-electron chi connectivity index (χ1n) is 9.51. The van der Waals surface area contributed by atoms with Crippen LogP contribution in [0.4, 0.5) is 0 Å². The van der Waals surface area contributed by atoms with Gasteiger partial charge in [0.25, 0.3) is 0 Å². The monoisotopic (exact) mass is 367 g/mol. The summed E-state index contributed by atoms with van der Waals surface area (Å²) in [6.45, 7) is 2.26. The second-order valence-electron chi connectivity index (χ2n) is 6.66. The number of benzene rings is 4. The third-order valence-electron chi connectivity index (χ3n) is 5.16. The molecule has 0 aliphatic heterocycles. The van der Waals surface area contributed by atoms with Crippen LogP contribution in [-0.4, -0.2) is 0 Å². The number of hydrogen-bond acceptors (Lipinski definition) is 0. The van der Waals surface area contributed by atoms with E-state index in [9.17, 15) is 0 Å². The molecule has 0 aromatic heterocycles. The molecule has 0 aliphatic carbocycles. The van der Waals surface area contributed by atoms with Crippen LogP contribution in [0, 0.1) is 0 Å². The van der Waals surface area contributed by atoms with Gasteiger partial charge >= 0.3 is 0 Å². The van der Waals surface area contributed by atoms with Crippen molar-refractivity contribution < 1.29 is 0 Å². The number of aryl methyl sites for hydroxylation is 1. The van der Waals surface area contributed by atoms with E-state index < -0.39 is 7.26 Å². The van der Waals surface area contributed by atoms with Crippen molar-refractivity contribution in [2.45, 2.75) is 13.3 Å². The molecular weight excluding hydrogens is 343 g/mol. The molecule has 0 radical (unpaired) electrons. The molecule has 0 N–H and O–H groups in total. The highest BCUT2D eigenvalue weighted by Gasteiger charge is 2.48. The van der Waals surface area contributed by atoms with Crippen LogP contribution < -0.4 is 21.2 Å². The van der Waals surface area contributed by atoms with E-state index in [1.54, 1.807) is 0 Å². The Morgan fingerprint density at radius 2 is 0.852 bits per heavy atom. The second-order valence-corrected chi connectivity index (χ2v) is 10.0. The van der Waals surface area contributed by atoms with Crippen LogP contribution in [0.15, 0.2) is 115 Å². The van der Waals surface area contributed by atoms with E-state index in [0.717, 1.165) is 6.42 Å². The summed E-state index contributed by atoms with van der Waals surface area (Å²) in [5.41, 5.74) is 1.43. The predicted octanol–water partition coefficient (Wildman–Crippen LogP) is 4.87. The summed E-state index contributed by atoms with van der Waals surface area (Å²) >= 11 is 0. The molecule has 0 amide bonds. The van der Waals surface area contributed by atoms with Crippen LogP contribution >= 0.6 is 7.26 Å². The molecule has 0 aliphatic rings. The number of rotatable bonds is 5. The zero-order valence-corrected chi connectivity index (χ0v) is 16.5. The lowest BCUT2D eigenvalue weighted by atomic mass is 10.2. The third kappa shape index (κ3) is 3.11. The lowest BCUT2D eigenvalue weighted by Gasteiger charge is -2.29. The van der Waals surface area contributed by atoms with E-state index in [0.29, 0.717) is 0 Å². The van der Waals surface area contributed by atoms with Crippen molar-refractivity contribution >= 4 is 28.5 Å². The van der Waals surface area contributed by atoms with Crippen LogP contribution in [0.25, 0.3) is 0 Å². The summed E-state index contributed by atoms with van der Waals surface area (Å²) in [7, 11) is -1.96. The van der Waals surface area contributed by atoms with Crippen molar-refractivity contribution in [1.82, 2.24) is 0 Å². The minimum atomic E-state index is -1.96. The van der Waals surface area contributed by atoms with Gasteiger partial charge in [-0.2, -0.15) is 0 Å². The standard InChI is InChI=1S/C26H24P/c1-2-22-14-12-13-21-26(22)27(23-15-6-3-7-16-23,24-17-8-4-9-18-24)25-19-10-5-11-20-25/h3-21H,2H2,1H3/q+1. The first kappa shape index (κ1) is 17.7. The molecule has 0 saturated carbocycles. The maximum Gasteiger partial charge on any atom is 0.144 e. The molecule has 0 fully saturated rings. The highest BCUT2D eigenvalue weighted by Crippen LogP contribution is 2.54. The Kier molecular flexibility index (Phi) is 5.19. The Morgan fingerprint density at radius 1 is 0.481 bits per heavy atom. The molecule has 1 heteroatoms. The molecule has 0 heterocycles. The molecule has 0 saturated heterocycles. The second kappa shape index (κ2) is 7.91. The first-order chi connectivity index (χ1) is 13.4. The van der Waals surface area contributed by atoms with Gasteiger partial charge in [-0.15, -0.1) is 0 Å². The van der Waals surface area contributed by atoms with Crippen molar-refractivity contribution in [3.05, 3.63) is 121 Å². The lowest BCUT2D eigenvalue weighted by molar-refractivity contribution is 1.15. The van der Waals surface area contributed by atoms with Gasteiger partial charge in [0.05, 0.1) is 0 Å². The third-order valence-corrected chi connectivity index (χ3v) is 9.54. The smallest absolute Gasteiger partial charge is 0.0620 e. The zero-order chi connectivity index (χ0) is 18.5. The average molecular weight is 367 g/mol. The van der Waals surface area contributed by atoms with Gasteiger partial charge < -0.3 is 0 Å².